The van der Waals surface area contributed by atoms with Crippen molar-refractivity contribution in [3.05, 3.63) is 65.0 Å². The van der Waals surface area contributed by atoms with Gasteiger partial charge in [0, 0.05) is 69.2 Å². The van der Waals surface area contributed by atoms with E-state index in [1.165, 1.54) is 21.9 Å². The Kier molecular flexibility index (Phi) is 9.68. The number of piperazine rings is 1. The molecular weight excluding hydrogens is 547 g/mol. The van der Waals surface area contributed by atoms with Crippen molar-refractivity contribution >= 4 is 27.5 Å². The maximum Gasteiger partial charge on any atom is 0.324 e. The molecule has 2 heterocycles. The highest BCUT2D eigenvalue weighted by molar-refractivity contribution is 7.91. The van der Waals surface area contributed by atoms with Gasteiger partial charge in [0.25, 0.3) is 5.91 Å². The summed E-state index contributed by atoms with van der Waals surface area (Å²) in [5.41, 5.74) is 4.21. The Morgan fingerprint density at radius 3 is 2.12 bits per heavy atom. The summed E-state index contributed by atoms with van der Waals surface area (Å²) in [5, 5.41) is 0. The van der Waals surface area contributed by atoms with Crippen molar-refractivity contribution in [2.75, 3.05) is 62.2 Å². The van der Waals surface area contributed by atoms with E-state index in [2.05, 4.69) is 30.6 Å². The van der Waals surface area contributed by atoms with Crippen LogP contribution in [0, 0.1) is 11.2 Å². The third kappa shape index (κ3) is 8.48. The standard InChI is InChI=1S/C29H41FN6O4S/c1-29(2,3)21-34-12-10-33(11-13-34)19-22-4-8-25(9-5-22)36(28(38)35-14-16-41(39,40)17-15-35)20-24-7-6-23(18-26(24)30)27(37)32-31/h4-9,18H,10-17,19-21,31H2,1-3H3,(H,32,37). The fraction of sp³-hybridized carbons (Fsp3) is 0.517. The molecule has 4 rings (SSSR count). The Hall–Kier alpha value is -3.06. The third-order valence-corrected chi connectivity index (χ3v) is 9.05. The van der Waals surface area contributed by atoms with Crippen molar-refractivity contribution in [3.63, 3.8) is 0 Å². The van der Waals surface area contributed by atoms with Crippen molar-refractivity contribution in [1.29, 1.82) is 0 Å². The van der Waals surface area contributed by atoms with Crippen molar-refractivity contribution in [1.82, 2.24) is 20.1 Å². The first-order valence-electron chi connectivity index (χ1n) is 13.9. The Bertz CT molecular complexity index is 1320. The number of nitrogens with zero attached hydrogens (tertiary/aromatic N) is 4. The Morgan fingerprint density at radius 1 is 0.951 bits per heavy atom. The molecule has 2 aliphatic rings. The number of rotatable bonds is 7. The molecule has 0 unspecified atom stereocenters. The van der Waals surface area contributed by atoms with Gasteiger partial charge in [-0.25, -0.2) is 23.4 Å². The zero-order chi connectivity index (χ0) is 29.8. The molecule has 0 atom stereocenters. The predicted octanol–water partition coefficient (Wildman–Crippen LogP) is 2.45. The molecule has 2 aromatic carbocycles. The maximum atomic E-state index is 15.0. The summed E-state index contributed by atoms with van der Waals surface area (Å²) in [5.74, 6) is 3.68. The minimum absolute atomic E-state index is 0.0662. The van der Waals surface area contributed by atoms with Crippen LogP contribution in [0.1, 0.15) is 42.3 Å². The van der Waals surface area contributed by atoms with Crippen molar-refractivity contribution in [2.45, 2.75) is 33.9 Å². The number of hydrogen-bond acceptors (Lipinski definition) is 7. The number of sulfone groups is 1. The van der Waals surface area contributed by atoms with E-state index >= 15 is 4.39 Å². The molecular formula is C29H41FN6O4S. The molecule has 0 bridgehead atoms. The van der Waals surface area contributed by atoms with Crippen LogP contribution in [0.5, 0.6) is 0 Å². The molecule has 224 valence electrons. The molecule has 2 fully saturated rings. The van der Waals surface area contributed by atoms with E-state index in [9.17, 15) is 18.0 Å². The summed E-state index contributed by atoms with van der Waals surface area (Å²) in [6.07, 6.45) is 0. The van der Waals surface area contributed by atoms with E-state index in [1.54, 1.807) is 0 Å². The molecule has 12 heteroatoms. The molecule has 2 saturated heterocycles. The highest BCUT2D eigenvalue weighted by Gasteiger charge is 2.30. The fourth-order valence-corrected chi connectivity index (χ4v) is 6.43. The van der Waals surface area contributed by atoms with Crippen LogP contribution in [-0.2, 0) is 22.9 Å². The predicted molar refractivity (Wildman–Crippen MR) is 157 cm³/mol. The van der Waals surface area contributed by atoms with Crippen LogP contribution in [0.25, 0.3) is 0 Å². The minimum Gasteiger partial charge on any atom is -0.322 e. The maximum absolute atomic E-state index is 15.0. The molecule has 0 radical (unpaired) electrons. The van der Waals surface area contributed by atoms with Crippen LogP contribution in [0.3, 0.4) is 0 Å². The van der Waals surface area contributed by atoms with Gasteiger partial charge in [-0.05, 0) is 35.2 Å². The second-order valence-corrected chi connectivity index (χ2v) is 14.4. The molecule has 3 amide bonds. The molecule has 0 aliphatic carbocycles. The van der Waals surface area contributed by atoms with Gasteiger partial charge in [-0.1, -0.05) is 39.0 Å². The average Bonchev–Trinajstić information content (AvgIpc) is 2.92. The average molecular weight is 589 g/mol. The van der Waals surface area contributed by atoms with Gasteiger partial charge in [-0.15, -0.1) is 0 Å². The zero-order valence-electron chi connectivity index (χ0n) is 24.1. The number of hydrogen-bond donors (Lipinski definition) is 2. The molecule has 10 nitrogen and oxygen atoms in total. The summed E-state index contributed by atoms with van der Waals surface area (Å²) in [6, 6.07) is 11.2. The first kappa shape index (κ1) is 30.9. The van der Waals surface area contributed by atoms with E-state index in [1.807, 2.05) is 29.7 Å². The molecule has 0 spiro atoms. The molecule has 41 heavy (non-hydrogen) atoms. The minimum atomic E-state index is -3.18. The van der Waals surface area contributed by atoms with Crippen molar-refractivity contribution in [3.8, 4) is 0 Å². The number of hydrazine groups is 1. The zero-order valence-corrected chi connectivity index (χ0v) is 24.9. The van der Waals surface area contributed by atoms with Gasteiger partial charge < -0.3 is 9.80 Å². The molecule has 2 aromatic rings. The van der Waals surface area contributed by atoms with Crippen LogP contribution >= 0.6 is 0 Å². The number of nitrogen functional groups attached to an aromatic ring is 1. The van der Waals surface area contributed by atoms with Gasteiger partial charge in [0.15, 0.2) is 9.84 Å². The van der Waals surface area contributed by atoms with Gasteiger partial charge in [0.05, 0.1) is 18.1 Å². The van der Waals surface area contributed by atoms with Crippen molar-refractivity contribution in [2.24, 2.45) is 11.3 Å². The number of nitrogens with two attached hydrogens (primary N) is 1. The lowest BCUT2D eigenvalue weighted by Gasteiger charge is -2.38. The second-order valence-electron chi connectivity index (χ2n) is 12.1. The van der Waals surface area contributed by atoms with Gasteiger partial charge in [-0.3, -0.25) is 20.0 Å². The number of anilines is 1. The third-order valence-electron chi connectivity index (χ3n) is 7.44. The molecule has 0 saturated carbocycles. The summed E-state index contributed by atoms with van der Waals surface area (Å²) < 4.78 is 38.9. The normalized spacial score (nSPS) is 18.2. The Balaban J connectivity index is 1.49. The van der Waals surface area contributed by atoms with E-state index in [-0.39, 0.29) is 47.7 Å². The van der Waals surface area contributed by atoms with Crippen LogP contribution in [0.4, 0.5) is 14.9 Å². The molecule has 2 aliphatic heterocycles. The monoisotopic (exact) mass is 588 g/mol. The van der Waals surface area contributed by atoms with Crippen LogP contribution < -0.4 is 16.2 Å². The van der Waals surface area contributed by atoms with Gasteiger partial charge >= 0.3 is 6.03 Å². The quantitative estimate of drug-likeness (QED) is 0.290. The van der Waals surface area contributed by atoms with E-state index in [4.69, 9.17) is 5.84 Å². The summed E-state index contributed by atoms with van der Waals surface area (Å²) in [6.45, 7) is 12.7. The summed E-state index contributed by atoms with van der Waals surface area (Å²) in [7, 11) is -3.18. The van der Waals surface area contributed by atoms with Gasteiger partial charge in [-0.2, -0.15) is 0 Å². The smallest absolute Gasteiger partial charge is 0.322 e. The molecule has 3 N–H and O–H groups in total. The first-order chi connectivity index (χ1) is 19.3. The summed E-state index contributed by atoms with van der Waals surface area (Å²) >= 11 is 0. The van der Waals surface area contributed by atoms with Crippen molar-refractivity contribution < 1.29 is 22.4 Å². The Labute approximate surface area is 242 Å². The number of carbonyl (C=O) groups is 2. The van der Waals surface area contributed by atoms with E-state index in [0.29, 0.717) is 5.69 Å². The number of carbonyl (C=O) groups excluding carboxylic acids is 2. The van der Waals surface area contributed by atoms with E-state index < -0.39 is 27.6 Å². The van der Waals surface area contributed by atoms with Gasteiger partial charge in [0.2, 0.25) is 0 Å². The lowest BCUT2D eigenvalue weighted by molar-refractivity contribution is 0.0953. The first-order valence-corrected chi connectivity index (χ1v) is 15.8. The lowest BCUT2D eigenvalue weighted by atomic mass is 9.96. The fourth-order valence-electron chi connectivity index (χ4n) is 5.23. The highest BCUT2D eigenvalue weighted by atomic mass is 32.2. The number of benzene rings is 2. The number of amides is 3. The number of urea groups is 1. The SMILES string of the molecule is CC(C)(C)CN1CCN(Cc2ccc(N(Cc3ccc(C(=O)NN)cc3F)C(=O)N3CCS(=O)(=O)CC3)cc2)CC1. The lowest BCUT2D eigenvalue weighted by Crippen LogP contribution is -2.49. The second kappa shape index (κ2) is 12.8. The number of nitrogens with one attached hydrogen (secondary N) is 1. The topological polar surface area (TPSA) is 119 Å². The number of halogens is 1. The van der Waals surface area contributed by atoms with Crippen LogP contribution in [0.15, 0.2) is 42.5 Å². The van der Waals surface area contributed by atoms with Crippen LogP contribution in [0.2, 0.25) is 0 Å². The Morgan fingerprint density at radius 2 is 1.56 bits per heavy atom. The summed E-state index contributed by atoms with van der Waals surface area (Å²) in [4.78, 5) is 33.3. The largest absolute Gasteiger partial charge is 0.324 e. The molecule has 0 aromatic heterocycles. The van der Waals surface area contributed by atoms with Gasteiger partial charge in [0.1, 0.15) is 5.82 Å². The highest BCUT2D eigenvalue weighted by Crippen LogP contribution is 2.24. The van der Waals surface area contributed by atoms with Crippen LogP contribution in [-0.4, -0.2) is 92.4 Å². The van der Waals surface area contributed by atoms with E-state index in [0.717, 1.165) is 50.9 Å².